The van der Waals surface area contributed by atoms with Gasteiger partial charge < -0.3 is 9.67 Å². The van der Waals surface area contributed by atoms with Crippen molar-refractivity contribution >= 4 is 17.5 Å². The molecule has 0 amide bonds. The Kier molecular flexibility index (Phi) is 5.25. The third-order valence-corrected chi connectivity index (χ3v) is 4.75. The van der Waals surface area contributed by atoms with E-state index in [1.807, 2.05) is 30.3 Å². The van der Waals surface area contributed by atoms with E-state index >= 15 is 0 Å². The van der Waals surface area contributed by atoms with Gasteiger partial charge in [-0.1, -0.05) is 42.1 Å². The molecule has 0 unspecified atom stereocenters. The average molecular weight is 357 g/mol. The lowest BCUT2D eigenvalue weighted by atomic mass is 10.1. The molecule has 0 radical (unpaired) electrons. The van der Waals surface area contributed by atoms with Crippen LogP contribution in [0.2, 0.25) is 0 Å². The summed E-state index contributed by atoms with van der Waals surface area (Å²) in [5.41, 5.74) is 1.16. The maximum atomic E-state index is 12.9. The van der Waals surface area contributed by atoms with Crippen LogP contribution in [0.5, 0.6) is 0 Å². The molecule has 0 aliphatic heterocycles. The molecule has 1 N–H and O–H groups in total. The first-order valence-electron chi connectivity index (χ1n) is 7.60. The SMILES string of the molecule is Cn1c(SCC(=O)c2ccc(F)cc2)nnc1[C@H](O)c1ccccc1. The minimum absolute atomic E-state index is 0.127. The number of Topliss-reactive ketones (excluding diaryl/α,β-unsaturated/α-hetero) is 1. The van der Waals surface area contributed by atoms with Gasteiger partial charge >= 0.3 is 0 Å². The van der Waals surface area contributed by atoms with Crippen molar-refractivity contribution in [1.82, 2.24) is 14.8 Å². The summed E-state index contributed by atoms with van der Waals surface area (Å²) >= 11 is 1.22. The van der Waals surface area contributed by atoms with Crippen molar-refractivity contribution in [2.45, 2.75) is 11.3 Å². The van der Waals surface area contributed by atoms with E-state index in [4.69, 9.17) is 0 Å². The normalized spacial score (nSPS) is 12.1. The molecule has 0 aliphatic carbocycles. The van der Waals surface area contributed by atoms with Crippen LogP contribution >= 0.6 is 11.8 Å². The van der Waals surface area contributed by atoms with E-state index < -0.39 is 6.10 Å². The maximum absolute atomic E-state index is 12.9. The molecule has 0 bridgehead atoms. The highest BCUT2D eigenvalue weighted by molar-refractivity contribution is 7.99. The minimum Gasteiger partial charge on any atom is -0.380 e. The molecule has 0 saturated heterocycles. The van der Waals surface area contributed by atoms with Crippen LogP contribution in [0.4, 0.5) is 4.39 Å². The maximum Gasteiger partial charge on any atom is 0.191 e. The van der Waals surface area contributed by atoms with Crippen LogP contribution < -0.4 is 0 Å². The Hall–Kier alpha value is -2.51. The Labute approximate surface area is 148 Å². The number of carbonyl (C=O) groups excluding carboxylic acids is 1. The van der Waals surface area contributed by atoms with Gasteiger partial charge in [0.05, 0.1) is 5.75 Å². The molecule has 0 saturated carbocycles. The summed E-state index contributed by atoms with van der Waals surface area (Å²) in [6.07, 6.45) is -0.888. The fraction of sp³-hybridized carbons (Fsp3) is 0.167. The number of hydrogen-bond acceptors (Lipinski definition) is 5. The number of carbonyl (C=O) groups is 1. The number of aromatic nitrogens is 3. The summed E-state index contributed by atoms with van der Waals surface area (Å²) < 4.78 is 14.6. The van der Waals surface area contributed by atoms with Gasteiger partial charge in [-0.15, -0.1) is 10.2 Å². The van der Waals surface area contributed by atoms with Gasteiger partial charge in [-0.2, -0.15) is 0 Å². The molecule has 1 heterocycles. The summed E-state index contributed by atoms with van der Waals surface area (Å²) in [6.45, 7) is 0. The number of hydrogen-bond donors (Lipinski definition) is 1. The second-order valence-corrected chi connectivity index (χ2v) is 6.37. The zero-order valence-electron chi connectivity index (χ0n) is 13.5. The molecule has 7 heteroatoms. The van der Waals surface area contributed by atoms with E-state index in [-0.39, 0.29) is 17.4 Å². The number of nitrogens with zero attached hydrogens (tertiary/aromatic N) is 3. The van der Waals surface area contributed by atoms with Crippen LogP contribution in [0.25, 0.3) is 0 Å². The van der Waals surface area contributed by atoms with E-state index in [1.54, 1.807) is 11.6 Å². The van der Waals surface area contributed by atoms with Gasteiger partial charge in [-0.25, -0.2) is 4.39 Å². The minimum atomic E-state index is -0.888. The molecule has 3 aromatic rings. The van der Waals surface area contributed by atoms with Crippen LogP contribution in [0.15, 0.2) is 59.8 Å². The third-order valence-electron chi connectivity index (χ3n) is 3.73. The first kappa shape index (κ1) is 17.3. The van der Waals surface area contributed by atoms with E-state index in [0.717, 1.165) is 5.56 Å². The van der Waals surface area contributed by atoms with Crippen molar-refractivity contribution in [1.29, 1.82) is 0 Å². The quantitative estimate of drug-likeness (QED) is 0.543. The highest BCUT2D eigenvalue weighted by Gasteiger charge is 2.19. The number of aliphatic hydroxyl groups excluding tert-OH is 1. The fourth-order valence-electron chi connectivity index (χ4n) is 2.32. The zero-order valence-corrected chi connectivity index (χ0v) is 14.3. The summed E-state index contributed by atoms with van der Waals surface area (Å²) in [5, 5.41) is 19.0. The molecule has 2 aromatic carbocycles. The highest BCUT2D eigenvalue weighted by atomic mass is 32.2. The predicted molar refractivity (Wildman–Crippen MR) is 93.0 cm³/mol. The lowest BCUT2D eigenvalue weighted by molar-refractivity contribution is 0.102. The molecule has 1 atom stereocenters. The highest BCUT2D eigenvalue weighted by Crippen LogP contribution is 2.24. The standard InChI is InChI=1S/C18H16FN3O2S/c1-22-17(16(24)13-5-3-2-4-6-13)20-21-18(22)25-11-15(23)12-7-9-14(19)10-8-12/h2-10,16,24H,11H2,1H3/t16-/m1/s1. The van der Waals surface area contributed by atoms with Crippen LogP contribution in [0, 0.1) is 5.82 Å². The first-order chi connectivity index (χ1) is 12.1. The number of aliphatic hydroxyl groups is 1. The first-order valence-corrected chi connectivity index (χ1v) is 8.58. The number of ketones is 1. The average Bonchev–Trinajstić information content (AvgIpc) is 3.01. The smallest absolute Gasteiger partial charge is 0.191 e. The van der Waals surface area contributed by atoms with Gasteiger partial charge in [0.25, 0.3) is 0 Å². The van der Waals surface area contributed by atoms with E-state index in [0.29, 0.717) is 16.5 Å². The molecule has 1 aromatic heterocycles. The monoisotopic (exact) mass is 357 g/mol. The van der Waals surface area contributed by atoms with E-state index in [1.165, 1.54) is 36.0 Å². The molecule has 128 valence electrons. The van der Waals surface area contributed by atoms with Crippen molar-refractivity contribution in [2.75, 3.05) is 5.75 Å². The van der Waals surface area contributed by atoms with Crippen LogP contribution in [-0.2, 0) is 7.05 Å². The molecule has 0 aliphatic rings. The Bertz CT molecular complexity index is 866. The molecule has 25 heavy (non-hydrogen) atoms. The lowest BCUT2D eigenvalue weighted by Gasteiger charge is -2.10. The Morgan fingerprint density at radius 1 is 1.16 bits per heavy atom. The van der Waals surface area contributed by atoms with Crippen molar-refractivity contribution < 1.29 is 14.3 Å². The number of thioether (sulfide) groups is 1. The Morgan fingerprint density at radius 3 is 2.52 bits per heavy atom. The predicted octanol–water partition coefficient (Wildman–Crippen LogP) is 3.01. The summed E-state index contributed by atoms with van der Waals surface area (Å²) in [7, 11) is 1.74. The van der Waals surface area contributed by atoms with Gasteiger partial charge in [0.15, 0.2) is 16.8 Å². The number of rotatable bonds is 6. The van der Waals surface area contributed by atoms with Gasteiger partial charge in [-0.3, -0.25) is 4.79 Å². The van der Waals surface area contributed by atoms with Gasteiger partial charge in [0.1, 0.15) is 11.9 Å². The van der Waals surface area contributed by atoms with Crippen molar-refractivity contribution in [2.24, 2.45) is 7.05 Å². The Morgan fingerprint density at radius 2 is 1.84 bits per heavy atom. The largest absolute Gasteiger partial charge is 0.380 e. The van der Waals surface area contributed by atoms with Crippen LogP contribution in [0.1, 0.15) is 27.8 Å². The second kappa shape index (κ2) is 7.58. The molecule has 0 spiro atoms. The summed E-state index contributed by atoms with van der Waals surface area (Å²) in [4.78, 5) is 12.2. The molecule has 5 nitrogen and oxygen atoms in total. The molecule has 3 rings (SSSR count). The van der Waals surface area contributed by atoms with Crippen molar-refractivity contribution in [3.05, 3.63) is 77.4 Å². The third kappa shape index (κ3) is 3.94. The van der Waals surface area contributed by atoms with Gasteiger partial charge in [0, 0.05) is 12.6 Å². The number of halogens is 1. The summed E-state index contributed by atoms with van der Waals surface area (Å²) in [5.74, 6) is 0.0529. The van der Waals surface area contributed by atoms with Gasteiger partial charge in [-0.05, 0) is 29.8 Å². The van der Waals surface area contributed by atoms with E-state index in [9.17, 15) is 14.3 Å². The van der Waals surface area contributed by atoms with E-state index in [2.05, 4.69) is 10.2 Å². The lowest BCUT2D eigenvalue weighted by Crippen LogP contribution is -2.08. The van der Waals surface area contributed by atoms with Crippen LogP contribution in [0.3, 0.4) is 0 Å². The molecular weight excluding hydrogens is 341 g/mol. The van der Waals surface area contributed by atoms with Crippen molar-refractivity contribution in [3.63, 3.8) is 0 Å². The van der Waals surface area contributed by atoms with Crippen LogP contribution in [-0.4, -0.2) is 31.4 Å². The molecular formula is C18H16FN3O2S. The summed E-state index contributed by atoms with van der Waals surface area (Å²) in [6, 6.07) is 14.6. The fourth-order valence-corrected chi connectivity index (χ4v) is 3.14. The topological polar surface area (TPSA) is 68.0 Å². The Balaban J connectivity index is 1.69. The van der Waals surface area contributed by atoms with Crippen molar-refractivity contribution in [3.8, 4) is 0 Å². The second-order valence-electron chi connectivity index (χ2n) is 5.43. The van der Waals surface area contributed by atoms with Gasteiger partial charge in [0.2, 0.25) is 0 Å². The molecule has 0 fully saturated rings. The number of benzene rings is 2. The zero-order chi connectivity index (χ0) is 17.8.